The SMILES string of the molecule is Cc1ccc(/C=C/C=C/c2ccco2)cc1. The van der Waals surface area contributed by atoms with Gasteiger partial charge in [-0.05, 0) is 30.7 Å². The van der Waals surface area contributed by atoms with Gasteiger partial charge in [-0.3, -0.25) is 0 Å². The highest BCUT2D eigenvalue weighted by molar-refractivity contribution is 5.55. The molecule has 0 aliphatic heterocycles. The summed E-state index contributed by atoms with van der Waals surface area (Å²) in [7, 11) is 0. The Morgan fingerprint density at radius 3 is 2.38 bits per heavy atom. The highest BCUT2D eigenvalue weighted by atomic mass is 16.3. The molecule has 2 aromatic rings. The van der Waals surface area contributed by atoms with E-state index in [9.17, 15) is 0 Å². The number of furan rings is 1. The highest BCUT2D eigenvalue weighted by Gasteiger charge is 1.86. The van der Waals surface area contributed by atoms with E-state index in [-0.39, 0.29) is 0 Å². The van der Waals surface area contributed by atoms with Crippen LogP contribution in [0.1, 0.15) is 16.9 Å². The van der Waals surface area contributed by atoms with Crippen LogP contribution in [0.4, 0.5) is 0 Å². The number of benzene rings is 1. The summed E-state index contributed by atoms with van der Waals surface area (Å²) in [6, 6.07) is 12.2. The summed E-state index contributed by atoms with van der Waals surface area (Å²) in [5.41, 5.74) is 2.48. The Labute approximate surface area is 95.7 Å². The molecule has 1 aromatic heterocycles. The molecule has 0 N–H and O–H groups in total. The number of allylic oxidation sites excluding steroid dienone is 2. The van der Waals surface area contributed by atoms with Crippen LogP contribution < -0.4 is 0 Å². The van der Waals surface area contributed by atoms with Gasteiger partial charge in [-0.2, -0.15) is 0 Å². The van der Waals surface area contributed by atoms with Gasteiger partial charge in [0.2, 0.25) is 0 Å². The van der Waals surface area contributed by atoms with Crippen molar-refractivity contribution in [3.63, 3.8) is 0 Å². The number of rotatable bonds is 3. The summed E-state index contributed by atoms with van der Waals surface area (Å²) in [6.07, 6.45) is 9.65. The van der Waals surface area contributed by atoms with E-state index in [1.165, 1.54) is 11.1 Å². The van der Waals surface area contributed by atoms with Gasteiger partial charge in [-0.1, -0.05) is 48.1 Å². The highest BCUT2D eigenvalue weighted by Crippen LogP contribution is 2.06. The fourth-order valence-electron chi connectivity index (χ4n) is 1.38. The van der Waals surface area contributed by atoms with Gasteiger partial charge in [0.1, 0.15) is 5.76 Å². The maximum atomic E-state index is 5.18. The van der Waals surface area contributed by atoms with Crippen LogP contribution in [0.5, 0.6) is 0 Å². The zero-order valence-electron chi connectivity index (χ0n) is 9.26. The molecule has 1 heteroatoms. The predicted molar refractivity (Wildman–Crippen MR) is 68.0 cm³/mol. The van der Waals surface area contributed by atoms with Crippen LogP contribution in [-0.4, -0.2) is 0 Å². The quantitative estimate of drug-likeness (QED) is 0.688. The van der Waals surface area contributed by atoms with Gasteiger partial charge in [-0.15, -0.1) is 0 Å². The third-order valence-corrected chi connectivity index (χ3v) is 2.28. The van der Waals surface area contributed by atoms with E-state index in [4.69, 9.17) is 4.42 Å². The largest absolute Gasteiger partial charge is 0.465 e. The monoisotopic (exact) mass is 210 g/mol. The van der Waals surface area contributed by atoms with E-state index in [1.807, 2.05) is 30.4 Å². The van der Waals surface area contributed by atoms with Crippen molar-refractivity contribution >= 4 is 12.2 Å². The van der Waals surface area contributed by atoms with E-state index in [2.05, 4.69) is 37.3 Å². The molecule has 0 amide bonds. The van der Waals surface area contributed by atoms with Crippen molar-refractivity contribution in [1.29, 1.82) is 0 Å². The van der Waals surface area contributed by atoms with Crippen molar-refractivity contribution in [3.05, 3.63) is 71.7 Å². The van der Waals surface area contributed by atoms with Crippen molar-refractivity contribution in [2.24, 2.45) is 0 Å². The van der Waals surface area contributed by atoms with E-state index < -0.39 is 0 Å². The summed E-state index contributed by atoms with van der Waals surface area (Å²) in [4.78, 5) is 0. The zero-order chi connectivity index (χ0) is 11.2. The lowest BCUT2D eigenvalue weighted by Gasteiger charge is -1.92. The van der Waals surface area contributed by atoms with E-state index in [0.29, 0.717) is 0 Å². The van der Waals surface area contributed by atoms with Gasteiger partial charge in [0.05, 0.1) is 6.26 Å². The number of hydrogen-bond acceptors (Lipinski definition) is 1. The molecular weight excluding hydrogens is 196 g/mol. The van der Waals surface area contributed by atoms with Crippen molar-refractivity contribution in [3.8, 4) is 0 Å². The predicted octanol–water partition coefficient (Wildman–Crippen LogP) is 4.31. The summed E-state index contributed by atoms with van der Waals surface area (Å²) in [6.45, 7) is 2.09. The smallest absolute Gasteiger partial charge is 0.126 e. The molecular formula is C15H14O. The van der Waals surface area contributed by atoms with Crippen LogP contribution >= 0.6 is 0 Å². The van der Waals surface area contributed by atoms with Crippen LogP contribution in [0.3, 0.4) is 0 Å². The Kier molecular flexibility index (Phi) is 3.39. The van der Waals surface area contributed by atoms with Gasteiger partial charge in [0.25, 0.3) is 0 Å². The van der Waals surface area contributed by atoms with Gasteiger partial charge >= 0.3 is 0 Å². The molecule has 1 nitrogen and oxygen atoms in total. The molecule has 0 bridgehead atoms. The molecule has 2 rings (SSSR count). The van der Waals surface area contributed by atoms with Crippen molar-refractivity contribution in [2.45, 2.75) is 6.92 Å². The molecule has 0 fully saturated rings. The maximum Gasteiger partial charge on any atom is 0.126 e. The molecule has 0 unspecified atom stereocenters. The normalized spacial score (nSPS) is 11.6. The number of aryl methyl sites for hydroxylation is 1. The van der Waals surface area contributed by atoms with Gasteiger partial charge in [0, 0.05) is 0 Å². The first-order chi connectivity index (χ1) is 7.84. The number of hydrogen-bond donors (Lipinski definition) is 0. The first-order valence-corrected chi connectivity index (χ1v) is 5.29. The molecule has 0 radical (unpaired) electrons. The minimum atomic E-state index is 0.869. The third kappa shape index (κ3) is 2.99. The Morgan fingerprint density at radius 1 is 0.938 bits per heavy atom. The standard InChI is InChI=1S/C15H14O/c1-13-8-10-14(11-9-13)5-2-3-6-15-7-4-12-16-15/h2-12H,1H3/b5-2+,6-3+. The molecule has 0 aliphatic rings. The Hall–Kier alpha value is -2.02. The van der Waals surface area contributed by atoms with E-state index in [0.717, 1.165) is 5.76 Å². The van der Waals surface area contributed by atoms with E-state index in [1.54, 1.807) is 6.26 Å². The fraction of sp³-hybridized carbons (Fsp3) is 0.0667. The molecule has 80 valence electrons. The molecule has 0 atom stereocenters. The average molecular weight is 210 g/mol. The molecule has 0 aliphatic carbocycles. The summed E-state index contributed by atoms with van der Waals surface area (Å²) < 4.78 is 5.18. The van der Waals surface area contributed by atoms with Crippen LogP contribution in [0.25, 0.3) is 12.2 Å². The van der Waals surface area contributed by atoms with Crippen LogP contribution in [0, 0.1) is 6.92 Å². The Bertz CT molecular complexity index is 473. The molecule has 1 heterocycles. The van der Waals surface area contributed by atoms with Crippen LogP contribution in [0.15, 0.2) is 59.2 Å². The van der Waals surface area contributed by atoms with Crippen molar-refractivity contribution in [1.82, 2.24) is 0 Å². The second-order valence-corrected chi connectivity index (χ2v) is 3.64. The lowest BCUT2D eigenvalue weighted by Crippen LogP contribution is -1.72. The molecule has 0 saturated heterocycles. The third-order valence-electron chi connectivity index (χ3n) is 2.28. The lowest BCUT2D eigenvalue weighted by atomic mass is 10.1. The second-order valence-electron chi connectivity index (χ2n) is 3.64. The van der Waals surface area contributed by atoms with Crippen molar-refractivity contribution in [2.75, 3.05) is 0 Å². The molecule has 16 heavy (non-hydrogen) atoms. The molecule has 0 spiro atoms. The summed E-state index contributed by atoms with van der Waals surface area (Å²) in [5, 5.41) is 0. The first kappa shape index (κ1) is 10.5. The Balaban J connectivity index is 1.97. The molecule has 0 saturated carbocycles. The minimum absolute atomic E-state index is 0.869. The summed E-state index contributed by atoms with van der Waals surface area (Å²) >= 11 is 0. The second kappa shape index (κ2) is 5.17. The zero-order valence-corrected chi connectivity index (χ0v) is 9.26. The average Bonchev–Trinajstić information content (AvgIpc) is 2.80. The molecule has 1 aromatic carbocycles. The van der Waals surface area contributed by atoms with Crippen LogP contribution in [0.2, 0.25) is 0 Å². The topological polar surface area (TPSA) is 13.1 Å². The summed E-state index contributed by atoms with van der Waals surface area (Å²) in [5.74, 6) is 0.869. The lowest BCUT2D eigenvalue weighted by molar-refractivity contribution is 0.557. The van der Waals surface area contributed by atoms with Crippen molar-refractivity contribution < 1.29 is 4.42 Å². The first-order valence-electron chi connectivity index (χ1n) is 5.29. The van der Waals surface area contributed by atoms with Gasteiger partial charge < -0.3 is 4.42 Å². The minimum Gasteiger partial charge on any atom is -0.465 e. The Morgan fingerprint density at radius 2 is 1.69 bits per heavy atom. The maximum absolute atomic E-state index is 5.18. The van der Waals surface area contributed by atoms with Gasteiger partial charge in [-0.25, -0.2) is 0 Å². The van der Waals surface area contributed by atoms with Gasteiger partial charge in [0.15, 0.2) is 0 Å². The van der Waals surface area contributed by atoms with E-state index >= 15 is 0 Å². The fourth-order valence-corrected chi connectivity index (χ4v) is 1.38. The van der Waals surface area contributed by atoms with Crippen LogP contribution in [-0.2, 0) is 0 Å².